The summed E-state index contributed by atoms with van der Waals surface area (Å²) in [7, 11) is 0. The van der Waals surface area contributed by atoms with Gasteiger partial charge in [-0.25, -0.2) is 4.98 Å². The standard InChI is InChI=1S/C16H20ClN3/c1-4-16(3,5-2)20-13-8-6-7-12(11-18)15(13)19-14(20)9-10-17/h6-8H,4-5,9-10H2,1-3H3. The van der Waals surface area contributed by atoms with Gasteiger partial charge < -0.3 is 4.57 Å². The monoisotopic (exact) mass is 289 g/mol. The fourth-order valence-corrected chi connectivity index (χ4v) is 2.83. The maximum absolute atomic E-state index is 9.26. The Kier molecular flexibility index (Phi) is 4.35. The number of imidazole rings is 1. The highest BCUT2D eigenvalue weighted by atomic mass is 35.5. The lowest BCUT2D eigenvalue weighted by Gasteiger charge is -2.31. The second-order valence-electron chi connectivity index (χ2n) is 5.29. The van der Waals surface area contributed by atoms with Crippen LogP contribution in [-0.4, -0.2) is 15.4 Å². The van der Waals surface area contributed by atoms with Crippen molar-refractivity contribution in [2.45, 2.75) is 45.6 Å². The van der Waals surface area contributed by atoms with E-state index in [1.165, 1.54) is 0 Å². The Bertz CT molecular complexity index is 648. The number of benzene rings is 1. The quantitative estimate of drug-likeness (QED) is 0.773. The lowest BCUT2D eigenvalue weighted by molar-refractivity contribution is 0.294. The Hall–Kier alpha value is -1.53. The molecule has 0 unspecified atom stereocenters. The predicted octanol–water partition coefficient (Wildman–Crippen LogP) is 4.22. The molecular weight excluding hydrogens is 270 g/mol. The molecule has 0 N–H and O–H groups in total. The number of nitriles is 1. The van der Waals surface area contributed by atoms with Gasteiger partial charge in [0.25, 0.3) is 0 Å². The van der Waals surface area contributed by atoms with E-state index in [-0.39, 0.29) is 5.54 Å². The van der Waals surface area contributed by atoms with Crippen LogP contribution in [0.4, 0.5) is 0 Å². The Labute approximate surface area is 125 Å². The van der Waals surface area contributed by atoms with Crippen molar-refractivity contribution in [3.63, 3.8) is 0 Å². The molecule has 2 rings (SSSR count). The first kappa shape index (κ1) is 14.9. The van der Waals surface area contributed by atoms with E-state index in [2.05, 4.69) is 31.4 Å². The Balaban J connectivity index is 2.80. The molecule has 0 bridgehead atoms. The third-order valence-electron chi connectivity index (χ3n) is 4.26. The molecule has 0 radical (unpaired) electrons. The SMILES string of the molecule is CCC(C)(CC)n1c(CCCl)nc2c(C#N)cccc21. The molecule has 1 heterocycles. The normalized spacial score (nSPS) is 11.8. The van der Waals surface area contributed by atoms with Crippen molar-refractivity contribution in [2.75, 3.05) is 5.88 Å². The minimum atomic E-state index is 0.00419. The summed E-state index contributed by atoms with van der Waals surface area (Å²) in [5.41, 5.74) is 2.47. The van der Waals surface area contributed by atoms with E-state index in [9.17, 15) is 5.26 Å². The molecular formula is C16H20ClN3. The van der Waals surface area contributed by atoms with E-state index >= 15 is 0 Å². The molecule has 20 heavy (non-hydrogen) atoms. The zero-order valence-corrected chi connectivity index (χ0v) is 13.0. The largest absolute Gasteiger partial charge is 0.322 e. The second kappa shape index (κ2) is 5.85. The topological polar surface area (TPSA) is 41.6 Å². The first-order chi connectivity index (χ1) is 9.61. The molecule has 1 aromatic heterocycles. The van der Waals surface area contributed by atoms with Crippen LogP contribution in [0.3, 0.4) is 0 Å². The maximum Gasteiger partial charge on any atom is 0.111 e. The van der Waals surface area contributed by atoms with Gasteiger partial charge in [-0.15, -0.1) is 11.6 Å². The van der Waals surface area contributed by atoms with Gasteiger partial charge in [-0.05, 0) is 31.9 Å². The third kappa shape index (κ3) is 2.29. The molecule has 4 heteroatoms. The van der Waals surface area contributed by atoms with E-state index in [1.54, 1.807) is 0 Å². The number of rotatable bonds is 5. The van der Waals surface area contributed by atoms with Gasteiger partial charge in [0.05, 0.1) is 11.1 Å². The molecule has 1 aromatic carbocycles. The van der Waals surface area contributed by atoms with Crippen LogP contribution < -0.4 is 0 Å². The summed E-state index contributed by atoms with van der Waals surface area (Å²) in [5.74, 6) is 1.51. The summed E-state index contributed by atoms with van der Waals surface area (Å²) in [6.45, 7) is 6.62. The van der Waals surface area contributed by atoms with E-state index in [0.29, 0.717) is 11.4 Å². The van der Waals surface area contributed by atoms with Gasteiger partial charge in [-0.1, -0.05) is 19.9 Å². The van der Waals surface area contributed by atoms with Crippen LogP contribution in [0.25, 0.3) is 11.0 Å². The summed E-state index contributed by atoms with van der Waals surface area (Å²) >= 11 is 5.93. The third-order valence-corrected chi connectivity index (χ3v) is 4.45. The molecule has 0 aliphatic rings. The summed E-state index contributed by atoms with van der Waals surface area (Å²) < 4.78 is 2.28. The molecule has 0 aliphatic carbocycles. The predicted molar refractivity (Wildman–Crippen MR) is 83.1 cm³/mol. The number of nitrogens with zero attached hydrogens (tertiary/aromatic N) is 3. The zero-order valence-electron chi connectivity index (χ0n) is 12.3. The highest BCUT2D eigenvalue weighted by Gasteiger charge is 2.27. The summed E-state index contributed by atoms with van der Waals surface area (Å²) in [5, 5.41) is 9.26. The van der Waals surface area contributed by atoms with E-state index in [0.717, 1.165) is 36.1 Å². The molecule has 0 saturated heterocycles. The lowest BCUT2D eigenvalue weighted by Crippen LogP contribution is -2.30. The van der Waals surface area contributed by atoms with Gasteiger partial charge in [0.2, 0.25) is 0 Å². The summed E-state index contributed by atoms with van der Waals surface area (Å²) in [4.78, 5) is 4.69. The molecule has 0 fully saturated rings. The van der Waals surface area contributed by atoms with Gasteiger partial charge in [-0.2, -0.15) is 5.26 Å². The minimum Gasteiger partial charge on any atom is -0.322 e. The maximum atomic E-state index is 9.26. The van der Waals surface area contributed by atoms with Crippen LogP contribution in [0, 0.1) is 11.3 Å². The minimum absolute atomic E-state index is 0.00419. The van der Waals surface area contributed by atoms with Crippen LogP contribution in [0.1, 0.15) is 45.0 Å². The Morgan fingerprint density at radius 1 is 1.35 bits per heavy atom. The zero-order chi connectivity index (χ0) is 14.8. The van der Waals surface area contributed by atoms with Crippen molar-refractivity contribution < 1.29 is 0 Å². The highest BCUT2D eigenvalue weighted by molar-refractivity contribution is 6.17. The molecule has 0 atom stereocenters. The smallest absolute Gasteiger partial charge is 0.111 e. The summed E-state index contributed by atoms with van der Waals surface area (Å²) in [6.07, 6.45) is 2.75. The van der Waals surface area contributed by atoms with E-state index < -0.39 is 0 Å². The van der Waals surface area contributed by atoms with Crippen LogP contribution in [0.5, 0.6) is 0 Å². The second-order valence-corrected chi connectivity index (χ2v) is 5.67. The fraction of sp³-hybridized carbons (Fsp3) is 0.500. The van der Waals surface area contributed by atoms with Crippen LogP contribution >= 0.6 is 11.6 Å². The molecule has 0 saturated carbocycles. The number of para-hydroxylation sites is 1. The average Bonchev–Trinajstić information content (AvgIpc) is 2.85. The first-order valence-corrected chi connectivity index (χ1v) is 7.61. The van der Waals surface area contributed by atoms with Gasteiger partial charge in [0, 0.05) is 17.8 Å². The summed E-state index contributed by atoms with van der Waals surface area (Å²) in [6, 6.07) is 8.02. The molecule has 0 spiro atoms. The molecule has 0 aliphatic heterocycles. The van der Waals surface area contributed by atoms with Crippen molar-refractivity contribution >= 4 is 22.6 Å². The van der Waals surface area contributed by atoms with Crippen molar-refractivity contribution in [3.05, 3.63) is 29.6 Å². The van der Waals surface area contributed by atoms with Gasteiger partial charge in [0.15, 0.2) is 0 Å². The average molecular weight is 290 g/mol. The van der Waals surface area contributed by atoms with E-state index in [4.69, 9.17) is 16.6 Å². The van der Waals surface area contributed by atoms with Gasteiger partial charge in [-0.3, -0.25) is 0 Å². The Morgan fingerprint density at radius 3 is 2.60 bits per heavy atom. The van der Waals surface area contributed by atoms with Crippen molar-refractivity contribution in [2.24, 2.45) is 0 Å². The molecule has 0 amide bonds. The molecule has 106 valence electrons. The Morgan fingerprint density at radius 2 is 2.05 bits per heavy atom. The highest BCUT2D eigenvalue weighted by Crippen LogP contribution is 2.32. The molecule has 3 nitrogen and oxygen atoms in total. The van der Waals surface area contributed by atoms with Crippen molar-refractivity contribution in [1.29, 1.82) is 5.26 Å². The molecule has 2 aromatic rings. The van der Waals surface area contributed by atoms with Crippen molar-refractivity contribution in [1.82, 2.24) is 9.55 Å². The number of hydrogen-bond acceptors (Lipinski definition) is 2. The lowest BCUT2D eigenvalue weighted by atomic mass is 9.94. The first-order valence-electron chi connectivity index (χ1n) is 7.08. The number of hydrogen-bond donors (Lipinski definition) is 0. The van der Waals surface area contributed by atoms with E-state index in [1.807, 2.05) is 18.2 Å². The van der Waals surface area contributed by atoms with Crippen LogP contribution in [0.15, 0.2) is 18.2 Å². The number of fused-ring (bicyclic) bond motifs is 1. The number of halogens is 1. The number of aryl methyl sites for hydroxylation is 1. The number of alkyl halides is 1. The van der Waals surface area contributed by atoms with Crippen molar-refractivity contribution in [3.8, 4) is 6.07 Å². The fourth-order valence-electron chi connectivity index (χ4n) is 2.66. The van der Waals surface area contributed by atoms with Crippen LogP contribution in [0.2, 0.25) is 0 Å². The van der Waals surface area contributed by atoms with Gasteiger partial charge in [0.1, 0.15) is 17.4 Å². The van der Waals surface area contributed by atoms with Crippen LogP contribution in [-0.2, 0) is 12.0 Å². The number of aromatic nitrogens is 2. The van der Waals surface area contributed by atoms with Gasteiger partial charge >= 0.3 is 0 Å².